The van der Waals surface area contributed by atoms with Crippen LogP contribution < -0.4 is 4.90 Å². The Morgan fingerprint density at radius 3 is 2.59 bits per heavy atom. The Labute approximate surface area is 162 Å². The molecule has 1 aromatic heterocycles. The van der Waals surface area contributed by atoms with Gasteiger partial charge < -0.3 is 19.5 Å². The molecule has 0 bridgehead atoms. The number of imidazole rings is 1. The number of fused-ring (bicyclic) bond motifs is 1. The minimum atomic E-state index is -0.369. The highest BCUT2D eigenvalue weighted by Crippen LogP contribution is 2.21. The number of ether oxygens (including phenoxy) is 1. The maximum absolute atomic E-state index is 12.3. The van der Waals surface area contributed by atoms with Crippen molar-refractivity contribution >= 4 is 34.3 Å². The summed E-state index contributed by atoms with van der Waals surface area (Å²) in [6.07, 6.45) is 0. The average Bonchev–Trinajstić information content (AvgIpc) is 3.11. The first-order valence-electron chi connectivity index (χ1n) is 8.94. The van der Waals surface area contributed by atoms with Gasteiger partial charge in [-0.3, -0.25) is 0 Å². The number of likely N-dealkylation sites (N-methyl/N-ethyl adjacent to an activating group) is 1. The second kappa shape index (κ2) is 7.58. The molecule has 1 aliphatic rings. The predicted octanol–water partition coefficient (Wildman–Crippen LogP) is 3.33. The zero-order valence-corrected chi connectivity index (χ0v) is 15.9. The highest BCUT2D eigenvalue weighted by Gasteiger charge is 2.15. The fraction of sp³-hybridized carbons (Fsp3) is 0.300. The van der Waals surface area contributed by atoms with Crippen molar-refractivity contribution < 1.29 is 9.53 Å². The maximum Gasteiger partial charge on any atom is 0.338 e. The molecule has 1 N–H and O–H groups in total. The molecular weight excluding hydrogens is 364 g/mol. The molecule has 3 aromatic rings. The number of hydrogen-bond donors (Lipinski definition) is 1. The summed E-state index contributed by atoms with van der Waals surface area (Å²) < 4.78 is 5.39. The van der Waals surface area contributed by atoms with Crippen LogP contribution >= 0.6 is 11.6 Å². The largest absolute Gasteiger partial charge is 0.454 e. The van der Waals surface area contributed by atoms with Crippen LogP contribution in [0.5, 0.6) is 0 Å². The Bertz CT molecular complexity index is 946. The van der Waals surface area contributed by atoms with Crippen molar-refractivity contribution in [3.05, 3.63) is 58.9 Å². The van der Waals surface area contributed by atoms with Gasteiger partial charge in [0.1, 0.15) is 17.9 Å². The zero-order valence-electron chi connectivity index (χ0n) is 15.1. The summed E-state index contributed by atoms with van der Waals surface area (Å²) >= 11 is 6.12. The van der Waals surface area contributed by atoms with Gasteiger partial charge in [0.05, 0.1) is 16.1 Å². The van der Waals surface area contributed by atoms with E-state index in [1.807, 2.05) is 36.4 Å². The maximum atomic E-state index is 12.3. The van der Waals surface area contributed by atoms with Crippen LogP contribution in [-0.4, -0.2) is 54.1 Å². The van der Waals surface area contributed by atoms with Gasteiger partial charge in [0.25, 0.3) is 0 Å². The highest BCUT2D eigenvalue weighted by molar-refractivity contribution is 6.34. The van der Waals surface area contributed by atoms with Crippen molar-refractivity contribution in [2.75, 3.05) is 38.1 Å². The molecule has 27 heavy (non-hydrogen) atoms. The lowest BCUT2D eigenvalue weighted by molar-refractivity contribution is 0.0463. The van der Waals surface area contributed by atoms with Gasteiger partial charge in [-0.15, -0.1) is 0 Å². The first-order chi connectivity index (χ1) is 13.1. The second-order valence-corrected chi connectivity index (χ2v) is 7.14. The number of esters is 1. The van der Waals surface area contributed by atoms with E-state index in [9.17, 15) is 4.79 Å². The summed E-state index contributed by atoms with van der Waals surface area (Å²) in [5.74, 6) is 0.201. The van der Waals surface area contributed by atoms with Crippen LogP contribution in [0.25, 0.3) is 11.0 Å². The third kappa shape index (κ3) is 3.91. The van der Waals surface area contributed by atoms with Gasteiger partial charge in [-0.2, -0.15) is 0 Å². The Morgan fingerprint density at radius 1 is 1.15 bits per heavy atom. The first kappa shape index (κ1) is 17.8. The molecule has 0 amide bonds. The number of piperazine rings is 1. The molecule has 4 rings (SSSR count). The van der Waals surface area contributed by atoms with E-state index >= 15 is 0 Å². The lowest BCUT2D eigenvalue weighted by atomic mass is 10.2. The summed E-state index contributed by atoms with van der Waals surface area (Å²) in [4.78, 5) is 24.5. The van der Waals surface area contributed by atoms with Crippen molar-refractivity contribution in [3.8, 4) is 0 Å². The Hall–Kier alpha value is -2.57. The second-order valence-electron chi connectivity index (χ2n) is 6.73. The van der Waals surface area contributed by atoms with Crippen molar-refractivity contribution in [1.29, 1.82) is 0 Å². The molecule has 1 saturated heterocycles. The minimum absolute atomic E-state index is 0.0735. The number of halogens is 1. The van der Waals surface area contributed by atoms with Gasteiger partial charge in [-0.05, 0) is 43.4 Å². The molecule has 0 aliphatic carbocycles. The number of aromatic amines is 1. The fourth-order valence-corrected chi connectivity index (χ4v) is 3.42. The van der Waals surface area contributed by atoms with E-state index < -0.39 is 0 Å². The number of carbonyl (C=O) groups excluding carboxylic acids is 1. The van der Waals surface area contributed by atoms with Crippen molar-refractivity contribution in [1.82, 2.24) is 14.9 Å². The minimum Gasteiger partial charge on any atom is -0.454 e. The lowest BCUT2D eigenvalue weighted by Crippen LogP contribution is -2.44. The number of anilines is 1. The number of carbonyl (C=O) groups is 1. The summed E-state index contributed by atoms with van der Waals surface area (Å²) in [7, 11) is 2.13. The van der Waals surface area contributed by atoms with E-state index in [0.29, 0.717) is 21.9 Å². The molecule has 0 unspecified atom stereocenters. The van der Waals surface area contributed by atoms with E-state index in [2.05, 4.69) is 26.8 Å². The molecule has 1 aliphatic heterocycles. The Kier molecular flexibility index (Phi) is 5.01. The van der Waals surface area contributed by atoms with Gasteiger partial charge in [0.2, 0.25) is 0 Å². The summed E-state index contributed by atoms with van der Waals surface area (Å²) in [6, 6.07) is 13.1. The van der Waals surface area contributed by atoms with Crippen LogP contribution in [0.1, 0.15) is 16.2 Å². The van der Waals surface area contributed by atoms with Gasteiger partial charge in [-0.25, -0.2) is 9.78 Å². The molecule has 2 aromatic carbocycles. The smallest absolute Gasteiger partial charge is 0.338 e. The number of aromatic nitrogens is 2. The van der Waals surface area contributed by atoms with Crippen LogP contribution in [0.4, 0.5) is 5.69 Å². The van der Waals surface area contributed by atoms with Gasteiger partial charge in [0.15, 0.2) is 0 Å². The van der Waals surface area contributed by atoms with Crippen molar-refractivity contribution in [2.45, 2.75) is 6.61 Å². The molecule has 6 nitrogen and oxygen atoms in total. The molecule has 0 saturated carbocycles. The lowest BCUT2D eigenvalue weighted by Gasteiger charge is -2.34. The van der Waals surface area contributed by atoms with Gasteiger partial charge in [0, 0.05) is 31.9 Å². The van der Waals surface area contributed by atoms with E-state index in [0.717, 1.165) is 37.4 Å². The number of benzene rings is 2. The monoisotopic (exact) mass is 384 g/mol. The topological polar surface area (TPSA) is 61.5 Å². The van der Waals surface area contributed by atoms with Crippen LogP contribution in [0.2, 0.25) is 5.02 Å². The van der Waals surface area contributed by atoms with Crippen LogP contribution in [-0.2, 0) is 11.3 Å². The third-order valence-corrected chi connectivity index (χ3v) is 5.13. The number of hydrogen-bond acceptors (Lipinski definition) is 5. The molecule has 2 heterocycles. The predicted molar refractivity (Wildman–Crippen MR) is 106 cm³/mol. The van der Waals surface area contributed by atoms with Crippen LogP contribution in [0, 0.1) is 0 Å². The Morgan fingerprint density at radius 2 is 1.89 bits per heavy atom. The molecule has 7 heteroatoms. The van der Waals surface area contributed by atoms with Gasteiger partial charge >= 0.3 is 5.97 Å². The standard InChI is InChI=1S/C20H21ClN4O2/c1-24-9-11-25(12-10-24)15-7-5-14(6-8-15)20(26)27-13-18-22-17-4-2-3-16(21)19(17)23-18/h2-8H,9-13H2,1H3,(H,22,23). The first-order valence-corrected chi connectivity index (χ1v) is 9.32. The van der Waals surface area contributed by atoms with Crippen LogP contribution in [0.15, 0.2) is 42.5 Å². The van der Waals surface area contributed by atoms with E-state index in [1.165, 1.54) is 0 Å². The quantitative estimate of drug-likeness (QED) is 0.699. The van der Waals surface area contributed by atoms with E-state index in [1.54, 1.807) is 6.07 Å². The number of rotatable bonds is 4. The Balaban J connectivity index is 1.38. The normalized spacial score (nSPS) is 15.3. The molecule has 0 atom stereocenters. The van der Waals surface area contributed by atoms with Gasteiger partial charge in [-0.1, -0.05) is 17.7 Å². The SMILES string of the molecule is CN1CCN(c2ccc(C(=O)OCc3nc4c(Cl)cccc4[nH]3)cc2)CC1. The number of nitrogens with one attached hydrogen (secondary N) is 1. The molecule has 140 valence electrons. The summed E-state index contributed by atoms with van der Waals surface area (Å²) in [5.41, 5.74) is 3.17. The van der Waals surface area contributed by atoms with Crippen molar-refractivity contribution in [3.63, 3.8) is 0 Å². The van der Waals surface area contributed by atoms with Crippen molar-refractivity contribution in [2.24, 2.45) is 0 Å². The number of para-hydroxylation sites is 1. The molecular formula is C20H21ClN4O2. The third-order valence-electron chi connectivity index (χ3n) is 4.82. The summed E-state index contributed by atoms with van der Waals surface area (Å²) in [5, 5.41) is 0.570. The highest BCUT2D eigenvalue weighted by atomic mass is 35.5. The fourth-order valence-electron chi connectivity index (χ4n) is 3.21. The van der Waals surface area contributed by atoms with E-state index in [-0.39, 0.29) is 12.6 Å². The average molecular weight is 385 g/mol. The zero-order chi connectivity index (χ0) is 18.8. The molecule has 0 spiro atoms. The molecule has 1 fully saturated rings. The summed E-state index contributed by atoms with van der Waals surface area (Å²) in [6.45, 7) is 4.16. The molecule has 0 radical (unpaired) electrons. The number of H-pyrrole nitrogens is 1. The van der Waals surface area contributed by atoms with E-state index in [4.69, 9.17) is 16.3 Å². The van der Waals surface area contributed by atoms with Crippen LogP contribution in [0.3, 0.4) is 0 Å². The number of nitrogens with zero attached hydrogens (tertiary/aromatic N) is 3.